The fourth-order valence-corrected chi connectivity index (χ4v) is 1.64. The lowest BCUT2D eigenvalue weighted by Crippen LogP contribution is -2.36. The van der Waals surface area contributed by atoms with Gasteiger partial charge < -0.3 is 10.2 Å². The number of likely N-dealkylation sites (N-methyl/N-ethyl adjacent to an activating group) is 1. The number of hydrogen-bond acceptors (Lipinski definition) is 4. The molecule has 1 rings (SSSR count). The van der Waals surface area contributed by atoms with E-state index in [9.17, 15) is 9.59 Å². The van der Waals surface area contributed by atoms with Crippen LogP contribution in [0.1, 0.15) is 12.6 Å². The van der Waals surface area contributed by atoms with Crippen LogP contribution in [-0.2, 0) is 16.0 Å². The van der Waals surface area contributed by atoms with Crippen LogP contribution in [0.4, 0.5) is 0 Å². The Hall–Kier alpha value is -1.82. The van der Waals surface area contributed by atoms with Crippen molar-refractivity contribution in [2.45, 2.75) is 13.3 Å². The topological polar surface area (TPSA) is 62.3 Å². The standard InChI is InChI=1S/C13H17N3O2S/c1-10(17)15-12(9-19)13(18)16(2)8-6-11-5-3-4-7-14-11/h3-5,7,9,19H,6,8H2,1-2H3,(H,15,17)/b12-9+. The lowest BCUT2D eigenvalue weighted by atomic mass is 10.2. The molecule has 6 heteroatoms. The summed E-state index contributed by atoms with van der Waals surface area (Å²) in [6.07, 6.45) is 2.37. The van der Waals surface area contributed by atoms with Crippen LogP contribution in [0.5, 0.6) is 0 Å². The van der Waals surface area contributed by atoms with E-state index in [0.29, 0.717) is 13.0 Å². The van der Waals surface area contributed by atoms with Crippen molar-refractivity contribution in [2.75, 3.05) is 13.6 Å². The van der Waals surface area contributed by atoms with E-state index in [-0.39, 0.29) is 17.5 Å². The van der Waals surface area contributed by atoms with Crippen LogP contribution in [0, 0.1) is 0 Å². The van der Waals surface area contributed by atoms with Crippen LogP contribution in [-0.4, -0.2) is 35.3 Å². The van der Waals surface area contributed by atoms with E-state index in [1.807, 2.05) is 18.2 Å². The molecule has 0 unspecified atom stereocenters. The number of aromatic nitrogens is 1. The summed E-state index contributed by atoms with van der Waals surface area (Å²) in [4.78, 5) is 28.7. The van der Waals surface area contributed by atoms with Gasteiger partial charge in [-0.1, -0.05) is 6.07 Å². The Morgan fingerprint density at radius 3 is 2.74 bits per heavy atom. The predicted octanol–water partition coefficient (Wildman–Crippen LogP) is 0.990. The monoisotopic (exact) mass is 279 g/mol. The number of amides is 2. The van der Waals surface area contributed by atoms with Crippen molar-refractivity contribution < 1.29 is 9.59 Å². The average Bonchev–Trinajstić information content (AvgIpc) is 2.42. The molecule has 1 aromatic heterocycles. The van der Waals surface area contributed by atoms with Gasteiger partial charge >= 0.3 is 0 Å². The summed E-state index contributed by atoms with van der Waals surface area (Å²) in [5.41, 5.74) is 1.08. The maximum atomic E-state index is 12.0. The highest BCUT2D eigenvalue weighted by atomic mass is 32.1. The molecule has 1 aromatic rings. The van der Waals surface area contributed by atoms with E-state index in [1.165, 1.54) is 17.2 Å². The predicted molar refractivity (Wildman–Crippen MR) is 76.5 cm³/mol. The quantitative estimate of drug-likeness (QED) is 0.624. The molecule has 0 aliphatic rings. The number of rotatable bonds is 5. The minimum atomic E-state index is -0.299. The molecule has 1 heterocycles. The van der Waals surface area contributed by atoms with E-state index in [2.05, 4.69) is 22.9 Å². The Balaban J connectivity index is 2.55. The van der Waals surface area contributed by atoms with Gasteiger partial charge in [0.15, 0.2) is 0 Å². The van der Waals surface area contributed by atoms with Gasteiger partial charge in [-0.3, -0.25) is 14.6 Å². The first-order valence-corrected chi connectivity index (χ1v) is 6.33. The third-order valence-corrected chi connectivity index (χ3v) is 2.70. The van der Waals surface area contributed by atoms with Crippen LogP contribution < -0.4 is 5.32 Å². The number of hydrogen-bond donors (Lipinski definition) is 2. The summed E-state index contributed by atoms with van der Waals surface area (Å²) in [6.45, 7) is 1.86. The molecule has 0 aliphatic heterocycles. The third kappa shape index (κ3) is 5.13. The lowest BCUT2D eigenvalue weighted by Gasteiger charge is -2.18. The number of carbonyl (C=O) groups excluding carboxylic acids is 2. The Labute approximate surface area is 118 Å². The average molecular weight is 279 g/mol. The molecule has 2 amide bonds. The Morgan fingerprint density at radius 1 is 1.47 bits per heavy atom. The SMILES string of the molecule is CC(=O)N/C(=C/S)C(=O)N(C)CCc1ccccn1. The van der Waals surface area contributed by atoms with Crippen molar-refractivity contribution in [1.82, 2.24) is 15.2 Å². The summed E-state index contributed by atoms with van der Waals surface area (Å²) >= 11 is 3.93. The summed E-state index contributed by atoms with van der Waals surface area (Å²) in [5, 5.41) is 3.74. The first kappa shape index (κ1) is 15.2. The molecule has 0 aliphatic carbocycles. The van der Waals surface area contributed by atoms with Gasteiger partial charge in [0.1, 0.15) is 5.70 Å². The van der Waals surface area contributed by atoms with Crippen molar-refractivity contribution in [3.05, 3.63) is 41.2 Å². The second-order valence-corrected chi connectivity index (χ2v) is 4.28. The second kappa shape index (κ2) is 7.58. The fraction of sp³-hybridized carbons (Fsp3) is 0.308. The molecule has 102 valence electrons. The molecule has 0 fully saturated rings. The fourth-order valence-electron chi connectivity index (χ4n) is 1.47. The summed E-state index contributed by atoms with van der Waals surface area (Å²) in [6, 6.07) is 5.65. The molecule has 0 radical (unpaired) electrons. The number of pyridine rings is 1. The van der Waals surface area contributed by atoms with Crippen LogP contribution in [0.25, 0.3) is 0 Å². The van der Waals surface area contributed by atoms with Gasteiger partial charge in [-0.15, -0.1) is 12.6 Å². The normalized spacial score (nSPS) is 11.0. The van der Waals surface area contributed by atoms with Crippen molar-refractivity contribution >= 4 is 24.4 Å². The van der Waals surface area contributed by atoms with Crippen molar-refractivity contribution in [2.24, 2.45) is 0 Å². The zero-order valence-corrected chi connectivity index (χ0v) is 11.9. The Morgan fingerprint density at radius 2 is 2.21 bits per heavy atom. The van der Waals surface area contributed by atoms with Gasteiger partial charge in [0.05, 0.1) is 0 Å². The van der Waals surface area contributed by atoms with E-state index in [4.69, 9.17) is 0 Å². The highest BCUT2D eigenvalue weighted by molar-refractivity contribution is 7.83. The van der Waals surface area contributed by atoms with Gasteiger partial charge in [-0.05, 0) is 17.5 Å². The third-order valence-electron chi connectivity index (χ3n) is 2.45. The van der Waals surface area contributed by atoms with Crippen LogP contribution >= 0.6 is 12.6 Å². The van der Waals surface area contributed by atoms with Crippen molar-refractivity contribution in [3.8, 4) is 0 Å². The smallest absolute Gasteiger partial charge is 0.270 e. The molecule has 19 heavy (non-hydrogen) atoms. The van der Waals surface area contributed by atoms with E-state index < -0.39 is 0 Å². The second-order valence-electron chi connectivity index (χ2n) is 4.02. The number of nitrogens with zero attached hydrogens (tertiary/aromatic N) is 2. The van der Waals surface area contributed by atoms with E-state index >= 15 is 0 Å². The van der Waals surface area contributed by atoms with Crippen LogP contribution in [0.15, 0.2) is 35.5 Å². The van der Waals surface area contributed by atoms with Gasteiger partial charge in [0, 0.05) is 38.8 Å². The molecule has 0 bridgehead atoms. The van der Waals surface area contributed by atoms with Gasteiger partial charge in [0.25, 0.3) is 5.91 Å². The van der Waals surface area contributed by atoms with E-state index in [0.717, 1.165) is 5.69 Å². The van der Waals surface area contributed by atoms with E-state index in [1.54, 1.807) is 13.2 Å². The van der Waals surface area contributed by atoms with Crippen molar-refractivity contribution in [1.29, 1.82) is 0 Å². The number of thiol groups is 1. The Kier molecular flexibility index (Phi) is 6.08. The highest BCUT2D eigenvalue weighted by Gasteiger charge is 2.15. The first-order valence-electron chi connectivity index (χ1n) is 5.82. The maximum Gasteiger partial charge on any atom is 0.270 e. The highest BCUT2D eigenvalue weighted by Crippen LogP contribution is 2.02. The zero-order valence-electron chi connectivity index (χ0n) is 11.0. The zero-order chi connectivity index (χ0) is 14.3. The van der Waals surface area contributed by atoms with Crippen LogP contribution in [0.3, 0.4) is 0 Å². The van der Waals surface area contributed by atoms with Crippen molar-refractivity contribution in [3.63, 3.8) is 0 Å². The largest absolute Gasteiger partial charge is 0.340 e. The molecule has 0 aromatic carbocycles. The number of carbonyl (C=O) groups is 2. The number of nitrogens with one attached hydrogen (secondary N) is 1. The molecular weight excluding hydrogens is 262 g/mol. The lowest BCUT2D eigenvalue weighted by molar-refractivity contribution is -0.128. The molecule has 0 saturated heterocycles. The van der Waals surface area contributed by atoms with Gasteiger partial charge in [0.2, 0.25) is 5.91 Å². The summed E-state index contributed by atoms with van der Waals surface area (Å²) < 4.78 is 0. The molecular formula is C13H17N3O2S. The minimum absolute atomic E-state index is 0.166. The molecule has 0 atom stereocenters. The molecule has 0 spiro atoms. The molecule has 1 N–H and O–H groups in total. The molecule has 0 saturated carbocycles. The molecule has 5 nitrogen and oxygen atoms in total. The summed E-state index contributed by atoms with van der Waals surface area (Å²) in [7, 11) is 1.67. The maximum absolute atomic E-state index is 12.0. The first-order chi connectivity index (χ1) is 9.04. The van der Waals surface area contributed by atoms with Crippen LogP contribution in [0.2, 0.25) is 0 Å². The van der Waals surface area contributed by atoms with Gasteiger partial charge in [-0.2, -0.15) is 0 Å². The summed E-state index contributed by atoms with van der Waals surface area (Å²) in [5.74, 6) is -0.576. The van der Waals surface area contributed by atoms with Gasteiger partial charge in [-0.25, -0.2) is 0 Å². The Bertz CT molecular complexity index is 474. The minimum Gasteiger partial charge on any atom is -0.340 e.